The van der Waals surface area contributed by atoms with Crippen LogP contribution in [0.4, 0.5) is 5.69 Å². The second-order valence-corrected chi connectivity index (χ2v) is 6.27. The monoisotopic (exact) mass is 286 g/mol. The Hall–Kier alpha value is -1.57. The summed E-state index contributed by atoms with van der Waals surface area (Å²) in [6, 6.07) is 16.0. The molecule has 2 rings (SSSR count). The molecule has 2 aromatic carbocycles. The van der Waals surface area contributed by atoms with Crippen LogP contribution in [0.2, 0.25) is 0 Å². The van der Waals surface area contributed by atoms with Crippen molar-refractivity contribution < 1.29 is 0 Å². The summed E-state index contributed by atoms with van der Waals surface area (Å²) in [4.78, 5) is 3.13. The molecule has 0 bridgehead atoms. The van der Waals surface area contributed by atoms with Crippen molar-refractivity contribution >= 4 is 29.2 Å². The molecule has 0 aliphatic carbocycles. The summed E-state index contributed by atoms with van der Waals surface area (Å²) < 4.78 is 0. The molecule has 2 aromatic rings. The average Bonchev–Trinajstić information content (AvgIpc) is 2.42. The standard InChI is InChI=1S/C15H14N2S2/c1-2-18-14-4-3-5-15(13(14)10-16)19-12-8-6-11(17)7-9-12/h3-9H,2,17H2,1H3. The van der Waals surface area contributed by atoms with E-state index < -0.39 is 0 Å². The quantitative estimate of drug-likeness (QED) is 0.668. The number of hydrogen-bond donors (Lipinski definition) is 1. The first-order chi connectivity index (χ1) is 9.24. The van der Waals surface area contributed by atoms with Crippen molar-refractivity contribution in [3.05, 3.63) is 48.0 Å². The van der Waals surface area contributed by atoms with E-state index in [2.05, 4.69) is 13.0 Å². The van der Waals surface area contributed by atoms with Gasteiger partial charge in [-0.15, -0.1) is 11.8 Å². The third-order valence-electron chi connectivity index (χ3n) is 2.51. The van der Waals surface area contributed by atoms with Gasteiger partial charge in [0.2, 0.25) is 0 Å². The Labute approximate surface area is 122 Å². The van der Waals surface area contributed by atoms with Crippen molar-refractivity contribution in [3.63, 3.8) is 0 Å². The van der Waals surface area contributed by atoms with Crippen LogP contribution in [0.25, 0.3) is 0 Å². The number of hydrogen-bond acceptors (Lipinski definition) is 4. The van der Waals surface area contributed by atoms with E-state index in [4.69, 9.17) is 5.73 Å². The van der Waals surface area contributed by atoms with Crippen molar-refractivity contribution in [2.75, 3.05) is 11.5 Å². The Balaban J connectivity index is 2.32. The number of thioether (sulfide) groups is 1. The van der Waals surface area contributed by atoms with E-state index in [9.17, 15) is 5.26 Å². The van der Waals surface area contributed by atoms with E-state index in [0.29, 0.717) is 0 Å². The van der Waals surface area contributed by atoms with Crippen molar-refractivity contribution in [1.82, 2.24) is 0 Å². The molecule has 19 heavy (non-hydrogen) atoms. The Morgan fingerprint density at radius 2 is 1.79 bits per heavy atom. The van der Waals surface area contributed by atoms with Crippen LogP contribution in [0.15, 0.2) is 57.2 Å². The zero-order valence-corrected chi connectivity index (χ0v) is 12.2. The maximum absolute atomic E-state index is 9.35. The second-order valence-electron chi connectivity index (χ2n) is 3.85. The second kappa shape index (κ2) is 6.55. The van der Waals surface area contributed by atoms with E-state index in [0.717, 1.165) is 31.7 Å². The minimum atomic E-state index is 0.750. The van der Waals surface area contributed by atoms with Gasteiger partial charge < -0.3 is 5.73 Å². The van der Waals surface area contributed by atoms with Gasteiger partial charge in [-0.1, -0.05) is 24.8 Å². The predicted octanol–water partition coefficient (Wildman–Crippen LogP) is 4.40. The SMILES string of the molecule is CCSc1cccc(Sc2ccc(N)cc2)c1C#N. The molecule has 96 valence electrons. The molecule has 0 aromatic heterocycles. The summed E-state index contributed by atoms with van der Waals surface area (Å²) in [5.41, 5.74) is 7.19. The van der Waals surface area contributed by atoms with Crippen LogP contribution in [-0.2, 0) is 0 Å². The molecule has 0 aliphatic heterocycles. The number of nitrogen functional groups attached to an aromatic ring is 1. The zero-order valence-electron chi connectivity index (χ0n) is 10.6. The highest BCUT2D eigenvalue weighted by atomic mass is 32.2. The van der Waals surface area contributed by atoms with Gasteiger partial charge in [-0.05, 0) is 42.2 Å². The Kier molecular flexibility index (Phi) is 4.78. The molecule has 0 saturated carbocycles. The molecule has 2 N–H and O–H groups in total. The maximum atomic E-state index is 9.35. The summed E-state index contributed by atoms with van der Waals surface area (Å²) in [6.07, 6.45) is 0. The predicted molar refractivity (Wildman–Crippen MR) is 82.5 cm³/mol. The Bertz CT molecular complexity index is 601. The van der Waals surface area contributed by atoms with E-state index in [1.165, 1.54) is 0 Å². The van der Waals surface area contributed by atoms with Crippen LogP contribution in [0.3, 0.4) is 0 Å². The number of nitrogens with two attached hydrogens (primary N) is 1. The highest BCUT2D eigenvalue weighted by molar-refractivity contribution is 8.00. The van der Waals surface area contributed by atoms with Crippen LogP contribution in [-0.4, -0.2) is 5.75 Å². The first-order valence-electron chi connectivity index (χ1n) is 5.94. The molecule has 0 spiro atoms. The van der Waals surface area contributed by atoms with Gasteiger partial charge in [0, 0.05) is 20.4 Å². The summed E-state index contributed by atoms with van der Waals surface area (Å²) >= 11 is 3.29. The zero-order chi connectivity index (χ0) is 13.7. The van der Waals surface area contributed by atoms with Crippen molar-refractivity contribution in [2.24, 2.45) is 0 Å². The van der Waals surface area contributed by atoms with Gasteiger partial charge in [0.05, 0.1) is 5.56 Å². The molecule has 0 radical (unpaired) electrons. The van der Waals surface area contributed by atoms with Gasteiger partial charge in [-0.25, -0.2) is 0 Å². The number of nitriles is 1. The molecule has 0 fully saturated rings. The minimum Gasteiger partial charge on any atom is -0.399 e. The van der Waals surface area contributed by atoms with E-state index >= 15 is 0 Å². The largest absolute Gasteiger partial charge is 0.399 e. The number of nitrogens with zero attached hydrogens (tertiary/aromatic N) is 1. The highest BCUT2D eigenvalue weighted by Gasteiger charge is 2.09. The topological polar surface area (TPSA) is 49.8 Å². The van der Waals surface area contributed by atoms with Crippen molar-refractivity contribution in [1.29, 1.82) is 5.26 Å². The van der Waals surface area contributed by atoms with Gasteiger partial charge >= 0.3 is 0 Å². The van der Waals surface area contributed by atoms with Gasteiger partial charge in [0.25, 0.3) is 0 Å². The fourth-order valence-corrected chi connectivity index (χ4v) is 3.43. The van der Waals surface area contributed by atoms with E-state index in [1.54, 1.807) is 23.5 Å². The number of rotatable bonds is 4. The van der Waals surface area contributed by atoms with Gasteiger partial charge in [0.15, 0.2) is 0 Å². The lowest BCUT2D eigenvalue weighted by atomic mass is 10.2. The fraction of sp³-hybridized carbons (Fsp3) is 0.133. The molecule has 0 atom stereocenters. The molecule has 4 heteroatoms. The molecular weight excluding hydrogens is 272 g/mol. The number of anilines is 1. The molecule has 0 heterocycles. The smallest absolute Gasteiger partial charge is 0.101 e. The Morgan fingerprint density at radius 1 is 1.11 bits per heavy atom. The van der Waals surface area contributed by atoms with E-state index in [-0.39, 0.29) is 0 Å². The summed E-state index contributed by atoms with van der Waals surface area (Å²) in [5.74, 6) is 0.963. The summed E-state index contributed by atoms with van der Waals surface area (Å²) in [5, 5.41) is 9.35. The molecule has 0 unspecified atom stereocenters. The highest BCUT2D eigenvalue weighted by Crippen LogP contribution is 2.35. The van der Waals surface area contributed by atoms with Gasteiger partial charge in [-0.3, -0.25) is 0 Å². The summed E-state index contributed by atoms with van der Waals surface area (Å²) in [6.45, 7) is 2.09. The van der Waals surface area contributed by atoms with Crippen LogP contribution in [0.5, 0.6) is 0 Å². The molecule has 2 nitrogen and oxygen atoms in total. The Morgan fingerprint density at radius 3 is 2.42 bits per heavy atom. The fourth-order valence-electron chi connectivity index (χ4n) is 1.64. The van der Waals surface area contributed by atoms with E-state index in [1.807, 2.05) is 42.5 Å². The third-order valence-corrected chi connectivity index (χ3v) is 4.52. The lowest BCUT2D eigenvalue weighted by Gasteiger charge is -2.08. The number of benzene rings is 2. The average molecular weight is 286 g/mol. The lowest BCUT2D eigenvalue weighted by Crippen LogP contribution is -1.87. The van der Waals surface area contributed by atoms with Crippen LogP contribution < -0.4 is 5.73 Å². The van der Waals surface area contributed by atoms with Gasteiger partial charge in [0.1, 0.15) is 6.07 Å². The molecule has 0 amide bonds. The first kappa shape index (κ1) is 13.9. The van der Waals surface area contributed by atoms with Crippen molar-refractivity contribution in [3.8, 4) is 6.07 Å². The van der Waals surface area contributed by atoms with Gasteiger partial charge in [-0.2, -0.15) is 5.26 Å². The van der Waals surface area contributed by atoms with Crippen LogP contribution in [0, 0.1) is 11.3 Å². The maximum Gasteiger partial charge on any atom is 0.101 e. The summed E-state index contributed by atoms with van der Waals surface area (Å²) in [7, 11) is 0. The molecule has 0 saturated heterocycles. The van der Waals surface area contributed by atoms with Crippen molar-refractivity contribution in [2.45, 2.75) is 21.6 Å². The van der Waals surface area contributed by atoms with Crippen LogP contribution >= 0.6 is 23.5 Å². The normalized spacial score (nSPS) is 10.1. The molecular formula is C15H14N2S2. The lowest BCUT2D eigenvalue weighted by molar-refractivity contribution is 1.25. The molecule has 0 aliphatic rings. The van der Waals surface area contributed by atoms with Crippen LogP contribution in [0.1, 0.15) is 12.5 Å². The minimum absolute atomic E-state index is 0.750. The first-order valence-corrected chi connectivity index (χ1v) is 7.74. The third kappa shape index (κ3) is 3.46.